The maximum absolute atomic E-state index is 5.28. The summed E-state index contributed by atoms with van der Waals surface area (Å²) in [5.41, 5.74) is 4.23. The molecule has 0 unspecified atom stereocenters. The number of pyridine rings is 1. The van der Waals surface area contributed by atoms with Crippen molar-refractivity contribution >= 4 is 11.8 Å². The van der Waals surface area contributed by atoms with Crippen molar-refractivity contribution < 1.29 is 4.74 Å². The van der Waals surface area contributed by atoms with Gasteiger partial charge in [-0.1, -0.05) is 36.0 Å². The van der Waals surface area contributed by atoms with Gasteiger partial charge >= 0.3 is 0 Å². The fraction of sp³-hybridized carbons (Fsp3) is 0.136. The molecule has 0 saturated carbocycles. The molecule has 2 heterocycles. The second kappa shape index (κ2) is 8.27. The Balaban J connectivity index is 1.76. The smallest absolute Gasteiger partial charge is 0.196 e. The minimum absolute atomic E-state index is 0.730. The summed E-state index contributed by atoms with van der Waals surface area (Å²) in [5, 5.41) is 9.83. The van der Waals surface area contributed by atoms with E-state index in [2.05, 4.69) is 38.8 Å². The molecule has 0 aliphatic heterocycles. The zero-order valence-corrected chi connectivity index (χ0v) is 16.6. The van der Waals surface area contributed by atoms with E-state index in [1.54, 1.807) is 18.9 Å². The Kier molecular flexibility index (Phi) is 5.39. The number of methoxy groups -OCH3 is 1. The lowest BCUT2D eigenvalue weighted by atomic mass is 10.1. The van der Waals surface area contributed by atoms with Crippen molar-refractivity contribution in [1.82, 2.24) is 19.7 Å². The molecule has 140 valence electrons. The van der Waals surface area contributed by atoms with Crippen LogP contribution in [0.5, 0.6) is 5.75 Å². The van der Waals surface area contributed by atoms with Crippen LogP contribution in [0.2, 0.25) is 0 Å². The van der Waals surface area contributed by atoms with Crippen LogP contribution in [0.4, 0.5) is 0 Å². The first-order valence-corrected chi connectivity index (χ1v) is 9.93. The third-order valence-electron chi connectivity index (χ3n) is 4.41. The lowest BCUT2D eigenvalue weighted by Crippen LogP contribution is -2.02. The van der Waals surface area contributed by atoms with Crippen molar-refractivity contribution in [1.29, 1.82) is 0 Å². The molecule has 2 aromatic carbocycles. The molecule has 0 amide bonds. The molecule has 28 heavy (non-hydrogen) atoms. The van der Waals surface area contributed by atoms with Gasteiger partial charge < -0.3 is 4.74 Å². The van der Waals surface area contributed by atoms with Crippen LogP contribution in [-0.2, 0) is 5.75 Å². The third kappa shape index (κ3) is 3.77. The minimum atomic E-state index is 0.730. The van der Waals surface area contributed by atoms with Crippen molar-refractivity contribution in [2.24, 2.45) is 0 Å². The quantitative estimate of drug-likeness (QED) is 0.438. The Hall–Kier alpha value is -3.12. The van der Waals surface area contributed by atoms with E-state index in [1.165, 1.54) is 0 Å². The van der Waals surface area contributed by atoms with Gasteiger partial charge in [0.05, 0.1) is 18.5 Å². The fourth-order valence-electron chi connectivity index (χ4n) is 2.94. The molecule has 0 aliphatic rings. The standard InChI is InChI=1S/C22H20N4OS/c1-16-7-3-4-9-20(16)26-21(17-10-12-19(27-2)13-11-17)24-25-22(26)28-15-18-8-5-6-14-23-18/h3-14H,15H2,1-2H3. The number of hydrogen-bond acceptors (Lipinski definition) is 5. The SMILES string of the molecule is COc1ccc(-c2nnc(SCc3ccccn3)n2-c2ccccc2C)cc1. The molecule has 0 fully saturated rings. The molecule has 4 aromatic rings. The molecular formula is C22H20N4OS. The van der Waals surface area contributed by atoms with Gasteiger partial charge in [0.25, 0.3) is 0 Å². The number of rotatable bonds is 6. The van der Waals surface area contributed by atoms with Crippen LogP contribution < -0.4 is 4.74 Å². The summed E-state index contributed by atoms with van der Waals surface area (Å²) >= 11 is 1.63. The Morgan fingerprint density at radius 2 is 1.71 bits per heavy atom. The van der Waals surface area contributed by atoms with E-state index in [9.17, 15) is 0 Å². The van der Waals surface area contributed by atoms with Gasteiger partial charge in [0.15, 0.2) is 11.0 Å². The molecule has 2 aromatic heterocycles. The van der Waals surface area contributed by atoms with Crippen LogP contribution in [0.25, 0.3) is 17.1 Å². The summed E-state index contributed by atoms with van der Waals surface area (Å²) < 4.78 is 7.39. The van der Waals surface area contributed by atoms with E-state index in [0.717, 1.165) is 45.0 Å². The average Bonchev–Trinajstić information content (AvgIpc) is 3.17. The normalized spacial score (nSPS) is 10.8. The van der Waals surface area contributed by atoms with E-state index in [4.69, 9.17) is 4.74 Å². The zero-order chi connectivity index (χ0) is 19.3. The third-order valence-corrected chi connectivity index (χ3v) is 5.38. The van der Waals surface area contributed by atoms with Gasteiger partial charge in [0.2, 0.25) is 0 Å². The minimum Gasteiger partial charge on any atom is -0.497 e. The molecule has 0 N–H and O–H groups in total. The number of thioether (sulfide) groups is 1. The number of para-hydroxylation sites is 1. The lowest BCUT2D eigenvalue weighted by Gasteiger charge is -2.13. The molecular weight excluding hydrogens is 368 g/mol. The van der Waals surface area contributed by atoms with E-state index in [1.807, 2.05) is 60.8 Å². The van der Waals surface area contributed by atoms with E-state index in [-0.39, 0.29) is 0 Å². The molecule has 5 nitrogen and oxygen atoms in total. The van der Waals surface area contributed by atoms with Crippen LogP contribution in [0.3, 0.4) is 0 Å². The van der Waals surface area contributed by atoms with Gasteiger partial charge in [-0.25, -0.2) is 0 Å². The van der Waals surface area contributed by atoms with Gasteiger partial charge in [0, 0.05) is 17.5 Å². The van der Waals surface area contributed by atoms with Crippen molar-refractivity contribution in [3.05, 3.63) is 84.2 Å². The zero-order valence-electron chi connectivity index (χ0n) is 15.7. The number of aryl methyl sites for hydroxylation is 1. The van der Waals surface area contributed by atoms with E-state index >= 15 is 0 Å². The molecule has 0 atom stereocenters. The lowest BCUT2D eigenvalue weighted by molar-refractivity contribution is 0.415. The molecule has 0 spiro atoms. The molecule has 0 radical (unpaired) electrons. The van der Waals surface area contributed by atoms with Crippen LogP contribution in [-0.4, -0.2) is 26.9 Å². The first kappa shape index (κ1) is 18.3. The first-order chi connectivity index (χ1) is 13.8. The summed E-state index contributed by atoms with van der Waals surface area (Å²) in [6, 6.07) is 22.1. The van der Waals surface area contributed by atoms with Crippen LogP contribution in [0.1, 0.15) is 11.3 Å². The molecule has 0 bridgehead atoms. The molecule has 6 heteroatoms. The van der Waals surface area contributed by atoms with Gasteiger partial charge in [-0.2, -0.15) is 0 Å². The van der Waals surface area contributed by atoms with Crippen LogP contribution >= 0.6 is 11.8 Å². The van der Waals surface area contributed by atoms with Crippen LogP contribution in [0, 0.1) is 6.92 Å². The summed E-state index contributed by atoms with van der Waals surface area (Å²) in [4.78, 5) is 4.41. The number of hydrogen-bond donors (Lipinski definition) is 0. The predicted molar refractivity (Wildman–Crippen MR) is 112 cm³/mol. The van der Waals surface area contributed by atoms with Crippen molar-refractivity contribution in [3.63, 3.8) is 0 Å². The maximum atomic E-state index is 5.28. The largest absolute Gasteiger partial charge is 0.497 e. The van der Waals surface area contributed by atoms with Crippen LogP contribution in [0.15, 0.2) is 78.1 Å². The summed E-state index contributed by atoms with van der Waals surface area (Å²) in [7, 11) is 1.66. The molecule has 4 rings (SSSR count). The Morgan fingerprint density at radius 1 is 0.929 bits per heavy atom. The van der Waals surface area contributed by atoms with Gasteiger partial charge in [0.1, 0.15) is 5.75 Å². The highest BCUT2D eigenvalue weighted by Gasteiger charge is 2.17. The predicted octanol–water partition coefficient (Wildman–Crippen LogP) is 4.94. The molecule has 0 aliphatic carbocycles. The van der Waals surface area contributed by atoms with Gasteiger partial charge in [-0.15, -0.1) is 10.2 Å². The first-order valence-electron chi connectivity index (χ1n) is 8.95. The van der Waals surface area contributed by atoms with E-state index in [0.29, 0.717) is 0 Å². The Morgan fingerprint density at radius 3 is 2.43 bits per heavy atom. The number of ether oxygens (including phenoxy) is 1. The highest BCUT2D eigenvalue weighted by atomic mass is 32.2. The van der Waals surface area contributed by atoms with Crippen molar-refractivity contribution in [3.8, 4) is 22.8 Å². The van der Waals surface area contributed by atoms with Gasteiger partial charge in [-0.3, -0.25) is 9.55 Å². The number of nitrogens with zero attached hydrogens (tertiary/aromatic N) is 4. The highest BCUT2D eigenvalue weighted by Crippen LogP contribution is 2.31. The fourth-order valence-corrected chi connectivity index (χ4v) is 3.80. The second-order valence-electron chi connectivity index (χ2n) is 6.27. The average molecular weight is 388 g/mol. The molecule has 0 saturated heterocycles. The van der Waals surface area contributed by atoms with Crippen molar-refractivity contribution in [2.75, 3.05) is 7.11 Å². The Bertz CT molecular complexity index is 1060. The maximum Gasteiger partial charge on any atom is 0.196 e. The summed E-state index contributed by atoms with van der Waals surface area (Å²) in [5.74, 6) is 2.35. The van der Waals surface area contributed by atoms with E-state index < -0.39 is 0 Å². The highest BCUT2D eigenvalue weighted by molar-refractivity contribution is 7.98. The van der Waals surface area contributed by atoms with Gasteiger partial charge in [-0.05, 0) is 55.0 Å². The number of aromatic nitrogens is 4. The summed E-state index contributed by atoms with van der Waals surface area (Å²) in [6.07, 6.45) is 1.81. The summed E-state index contributed by atoms with van der Waals surface area (Å²) in [6.45, 7) is 2.10. The topological polar surface area (TPSA) is 52.8 Å². The Labute approximate surface area is 168 Å². The second-order valence-corrected chi connectivity index (χ2v) is 7.21. The van der Waals surface area contributed by atoms with Crippen molar-refractivity contribution in [2.45, 2.75) is 17.8 Å². The number of benzene rings is 2. The monoisotopic (exact) mass is 388 g/mol.